The third kappa shape index (κ3) is 3.05. The van der Waals surface area contributed by atoms with Crippen molar-refractivity contribution in [3.63, 3.8) is 0 Å². The zero-order valence-electron chi connectivity index (χ0n) is 8.72. The van der Waals surface area contributed by atoms with Crippen molar-refractivity contribution in [3.8, 4) is 0 Å². The molecule has 0 saturated carbocycles. The maximum absolute atomic E-state index is 3.98. The van der Waals surface area contributed by atoms with Gasteiger partial charge in [-0.3, -0.25) is 0 Å². The Kier molecular flexibility index (Phi) is 4.48. The molecule has 0 atom stereocenters. The Bertz CT molecular complexity index is 324. The first kappa shape index (κ1) is 10.5. The maximum atomic E-state index is 3.98. The molecule has 0 amide bonds. The van der Waals surface area contributed by atoms with Gasteiger partial charge in [0, 0.05) is 18.9 Å². The van der Waals surface area contributed by atoms with Crippen LogP contribution in [0.25, 0.3) is 0 Å². The molecule has 0 radical (unpaired) electrons. The molecule has 0 fully saturated rings. The highest BCUT2D eigenvalue weighted by atomic mass is 15.0. The average molecular weight is 188 g/mol. The topological polar surface area (TPSA) is 17.8 Å². The second-order valence-electron chi connectivity index (χ2n) is 2.72. The van der Waals surface area contributed by atoms with Crippen LogP contribution in [-0.4, -0.2) is 9.55 Å². The lowest BCUT2D eigenvalue weighted by Crippen LogP contribution is -1.95. The smallest absolute Gasteiger partial charge is 0.0949 e. The molecule has 1 aromatic heterocycles. The van der Waals surface area contributed by atoms with E-state index in [1.54, 1.807) is 6.20 Å². The van der Waals surface area contributed by atoms with E-state index in [1.807, 2.05) is 44.6 Å². The van der Waals surface area contributed by atoms with Crippen molar-refractivity contribution >= 4 is 0 Å². The molecule has 0 aliphatic heterocycles. The Hall–Kier alpha value is -1.57. The summed E-state index contributed by atoms with van der Waals surface area (Å²) < 4.78 is 2.05. The van der Waals surface area contributed by atoms with Gasteiger partial charge >= 0.3 is 0 Å². The van der Waals surface area contributed by atoms with Crippen LogP contribution in [0.3, 0.4) is 0 Å². The van der Waals surface area contributed by atoms with Crippen LogP contribution in [0.5, 0.6) is 0 Å². The molecule has 2 aromatic rings. The fourth-order valence-electron chi connectivity index (χ4n) is 1.17. The monoisotopic (exact) mass is 188 g/mol. The molecule has 0 aliphatic carbocycles. The lowest BCUT2D eigenvalue weighted by Gasteiger charge is -2.00. The molecule has 14 heavy (non-hydrogen) atoms. The molecule has 2 heteroatoms. The Morgan fingerprint density at radius 2 is 1.86 bits per heavy atom. The van der Waals surface area contributed by atoms with Crippen molar-refractivity contribution in [2.45, 2.75) is 20.4 Å². The quantitative estimate of drug-likeness (QED) is 0.708. The van der Waals surface area contributed by atoms with Gasteiger partial charge in [-0.2, -0.15) is 0 Å². The summed E-state index contributed by atoms with van der Waals surface area (Å²) >= 11 is 0. The molecule has 0 aliphatic rings. The summed E-state index contributed by atoms with van der Waals surface area (Å²) in [7, 11) is 0. The van der Waals surface area contributed by atoms with E-state index in [2.05, 4.69) is 21.7 Å². The number of rotatable bonds is 2. The zero-order chi connectivity index (χ0) is 10.2. The van der Waals surface area contributed by atoms with Gasteiger partial charge in [0.2, 0.25) is 0 Å². The van der Waals surface area contributed by atoms with Crippen LogP contribution in [0.15, 0.2) is 49.1 Å². The Morgan fingerprint density at radius 1 is 1.14 bits per heavy atom. The fraction of sp³-hybridized carbons (Fsp3) is 0.250. The summed E-state index contributed by atoms with van der Waals surface area (Å²) in [6.07, 6.45) is 5.59. The van der Waals surface area contributed by atoms with Crippen LogP contribution in [0.2, 0.25) is 0 Å². The predicted octanol–water partition coefficient (Wildman–Crippen LogP) is 2.96. The van der Waals surface area contributed by atoms with Crippen molar-refractivity contribution in [1.29, 1.82) is 0 Å². The minimum Gasteiger partial charge on any atom is -0.333 e. The highest BCUT2D eigenvalue weighted by Crippen LogP contribution is 2.00. The molecule has 2 nitrogen and oxygen atoms in total. The highest BCUT2D eigenvalue weighted by molar-refractivity contribution is 5.14. The molecule has 2 rings (SSSR count). The molecule has 0 bridgehead atoms. The largest absolute Gasteiger partial charge is 0.333 e. The van der Waals surface area contributed by atoms with E-state index in [4.69, 9.17) is 0 Å². The van der Waals surface area contributed by atoms with Crippen LogP contribution in [0.4, 0.5) is 0 Å². The van der Waals surface area contributed by atoms with Gasteiger partial charge in [0.15, 0.2) is 0 Å². The zero-order valence-corrected chi connectivity index (χ0v) is 8.72. The molecule has 1 aromatic carbocycles. The van der Waals surface area contributed by atoms with Crippen LogP contribution in [0.1, 0.15) is 19.4 Å². The number of nitrogens with zero attached hydrogens (tertiary/aromatic N) is 2. The fourth-order valence-corrected chi connectivity index (χ4v) is 1.17. The predicted molar refractivity (Wildman–Crippen MR) is 59.1 cm³/mol. The first-order chi connectivity index (χ1) is 6.95. The van der Waals surface area contributed by atoms with E-state index >= 15 is 0 Å². The summed E-state index contributed by atoms with van der Waals surface area (Å²) in [4.78, 5) is 3.98. The van der Waals surface area contributed by atoms with Crippen molar-refractivity contribution in [2.24, 2.45) is 0 Å². The number of aromatic nitrogens is 2. The Labute approximate surface area is 85.2 Å². The molecule has 74 valence electrons. The summed E-state index contributed by atoms with van der Waals surface area (Å²) in [6.45, 7) is 4.90. The van der Waals surface area contributed by atoms with E-state index in [0.717, 1.165) is 6.54 Å². The van der Waals surface area contributed by atoms with Crippen molar-refractivity contribution in [3.05, 3.63) is 54.6 Å². The SMILES string of the molecule is CC.c1ccc(Cn2ccnc2)cc1. The van der Waals surface area contributed by atoms with Crippen molar-refractivity contribution in [2.75, 3.05) is 0 Å². The number of hydrogen-bond donors (Lipinski definition) is 0. The van der Waals surface area contributed by atoms with E-state index < -0.39 is 0 Å². The second-order valence-corrected chi connectivity index (χ2v) is 2.72. The summed E-state index contributed by atoms with van der Waals surface area (Å²) in [6, 6.07) is 10.3. The molecular weight excluding hydrogens is 172 g/mol. The van der Waals surface area contributed by atoms with Crippen LogP contribution >= 0.6 is 0 Å². The van der Waals surface area contributed by atoms with Gasteiger partial charge in [0.1, 0.15) is 0 Å². The van der Waals surface area contributed by atoms with E-state index in [9.17, 15) is 0 Å². The normalized spacial score (nSPS) is 9.00. The molecule has 1 heterocycles. The van der Waals surface area contributed by atoms with Gasteiger partial charge in [0.05, 0.1) is 6.33 Å². The molecule has 0 N–H and O–H groups in total. The lowest BCUT2D eigenvalue weighted by atomic mass is 10.2. The molecular formula is C12H16N2. The summed E-state index contributed by atoms with van der Waals surface area (Å²) in [5.41, 5.74) is 1.30. The van der Waals surface area contributed by atoms with Gasteiger partial charge in [0.25, 0.3) is 0 Å². The van der Waals surface area contributed by atoms with Crippen LogP contribution in [0, 0.1) is 0 Å². The van der Waals surface area contributed by atoms with Gasteiger partial charge < -0.3 is 4.57 Å². The molecule has 0 spiro atoms. The van der Waals surface area contributed by atoms with Crippen molar-refractivity contribution in [1.82, 2.24) is 9.55 Å². The van der Waals surface area contributed by atoms with E-state index in [1.165, 1.54) is 5.56 Å². The second kappa shape index (κ2) is 5.97. The Morgan fingerprint density at radius 3 is 2.43 bits per heavy atom. The highest BCUT2D eigenvalue weighted by Gasteiger charge is 1.91. The third-order valence-corrected chi connectivity index (χ3v) is 1.77. The first-order valence-corrected chi connectivity index (χ1v) is 4.95. The lowest BCUT2D eigenvalue weighted by molar-refractivity contribution is 0.797. The van der Waals surface area contributed by atoms with Gasteiger partial charge in [-0.25, -0.2) is 4.98 Å². The summed E-state index contributed by atoms with van der Waals surface area (Å²) in [5, 5.41) is 0. The van der Waals surface area contributed by atoms with Gasteiger partial charge in [-0.15, -0.1) is 0 Å². The number of imidazole rings is 1. The number of hydrogen-bond acceptors (Lipinski definition) is 1. The maximum Gasteiger partial charge on any atom is 0.0949 e. The van der Waals surface area contributed by atoms with E-state index in [0.29, 0.717) is 0 Å². The van der Waals surface area contributed by atoms with Gasteiger partial charge in [-0.1, -0.05) is 44.2 Å². The molecule has 0 unspecified atom stereocenters. The van der Waals surface area contributed by atoms with Crippen molar-refractivity contribution < 1.29 is 0 Å². The minimum atomic E-state index is 0.904. The molecule has 0 saturated heterocycles. The van der Waals surface area contributed by atoms with E-state index in [-0.39, 0.29) is 0 Å². The first-order valence-electron chi connectivity index (χ1n) is 4.95. The third-order valence-electron chi connectivity index (χ3n) is 1.77. The number of benzene rings is 1. The average Bonchev–Trinajstić information content (AvgIpc) is 2.75. The standard InChI is InChI=1S/C10H10N2.C2H6/c1-2-4-10(5-3-1)8-12-7-6-11-9-12;1-2/h1-7,9H,8H2;1-2H3. The minimum absolute atomic E-state index is 0.904. The van der Waals surface area contributed by atoms with Crippen LogP contribution < -0.4 is 0 Å². The Balaban J connectivity index is 0.000000461. The summed E-state index contributed by atoms with van der Waals surface area (Å²) in [5.74, 6) is 0. The van der Waals surface area contributed by atoms with Gasteiger partial charge in [-0.05, 0) is 5.56 Å². The van der Waals surface area contributed by atoms with Crippen LogP contribution in [-0.2, 0) is 6.54 Å².